The van der Waals surface area contributed by atoms with Gasteiger partial charge in [-0.05, 0) is 24.3 Å². The molecule has 0 bridgehead atoms. The summed E-state index contributed by atoms with van der Waals surface area (Å²) in [6, 6.07) is 10.4. The van der Waals surface area contributed by atoms with E-state index in [9.17, 15) is 14.4 Å². The van der Waals surface area contributed by atoms with Gasteiger partial charge in [0.2, 0.25) is 5.91 Å². The zero-order chi connectivity index (χ0) is 15.7. The molecule has 6 heteroatoms. The number of aryl methyl sites for hydroxylation is 1. The van der Waals surface area contributed by atoms with Crippen LogP contribution in [0.1, 0.15) is 26.4 Å². The summed E-state index contributed by atoms with van der Waals surface area (Å²) in [4.78, 5) is 37.3. The molecule has 0 atom stereocenters. The van der Waals surface area contributed by atoms with Crippen LogP contribution in [0.25, 0.3) is 0 Å². The summed E-state index contributed by atoms with van der Waals surface area (Å²) in [6.07, 6.45) is 1.88. The van der Waals surface area contributed by atoms with Crippen molar-refractivity contribution in [2.75, 3.05) is 6.54 Å². The lowest BCUT2D eigenvalue weighted by Crippen LogP contribution is -2.40. The summed E-state index contributed by atoms with van der Waals surface area (Å²) >= 11 is 0. The van der Waals surface area contributed by atoms with Crippen molar-refractivity contribution in [3.05, 3.63) is 59.4 Å². The fourth-order valence-corrected chi connectivity index (χ4v) is 2.45. The molecule has 2 heterocycles. The fourth-order valence-electron chi connectivity index (χ4n) is 2.45. The van der Waals surface area contributed by atoms with Gasteiger partial charge in [-0.1, -0.05) is 12.1 Å². The highest BCUT2D eigenvalue weighted by atomic mass is 16.2. The lowest BCUT2D eigenvalue weighted by molar-refractivity contribution is -0.121. The molecule has 0 unspecified atom stereocenters. The van der Waals surface area contributed by atoms with Gasteiger partial charge in [-0.2, -0.15) is 0 Å². The number of carbonyl (C=O) groups is 3. The van der Waals surface area contributed by atoms with Crippen molar-refractivity contribution in [1.82, 2.24) is 14.8 Å². The average molecular weight is 297 g/mol. The summed E-state index contributed by atoms with van der Waals surface area (Å²) in [6.45, 7) is 0.0856. The molecule has 1 aromatic heterocycles. The predicted octanol–water partition coefficient (Wildman–Crippen LogP) is 0.937. The second kappa shape index (κ2) is 5.48. The van der Waals surface area contributed by atoms with Crippen molar-refractivity contribution in [2.24, 2.45) is 7.05 Å². The molecule has 6 nitrogen and oxygen atoms in total. The Balaban J connectivity index is 1.64. The number of nitrogens with one attached hydrogen (secondary N) is 1. The minimum Gasteiger partial charge on any atom is -0.353 e. The van der Waals surface area contributed by atoms with Crippen molar-refractivity contribution in [1.29, 1.82) is 0 Å². The zero-order valence-corrected chi connectivity index (χ0v) is 12.1. The highest BCUT2D eigenvalue weighted by Gasteiger charge is 2.36. The molecule has 1 aliphatic heterocycles. The minimum atomic E-state index is -0.422. The van der Waals surface area contributed by atoms with Crippen LogP contribution < -0.4 is 5.32 Å². The third-order valence-corrected chi connectivity index (χ3v) is 3.70. The lowest BCUT2D eigenvalue weighted by Gasteiger charge is -2.13. The molecular formula is C16H15N3O3. The van der Waals surface area contributed by atoms with E-state index in [1.165, 1.54) is 0 Å². The van der Waals surface area contributed by atoms with Crippen LogP contribution >= 0.6 is 0 Å². The number of imide groups is 1. The summed E-state index contributed by atoms with van der Waals surface area (Å²) in [7, 11) is 1.88. The number of hydrogen-bond acceptors (Lipinski definition) is 3. The largest absolute Gasteiger partial charge is 0.353 e. The maximum Gasteiger partial charge on any atom is 0.262 e. The van der Waals surface area contributed by atoms with E-state index >= 15 is 0 Å². The van der Waals surface area contributed by atoms with Gasteiger partial charge in [-0.25, -0.2) is 0 Å². The number of aromatic nitrogens is 1. The molecule has 0 spiro atoms. The Kier molecular flexibility index (Phi) is 3.50. The number of nitrogens with zero attached hydrogens (tertiary/aromatic N) is 2. The summed E-state index contributed by atoms with van der Waals surface area (Å²) < 4.78 is 1.89. The standard InChI is InChI=1S/C16H15N3O3/c1-18-8-4-5-11(18)9-17-14(20)10-19-15(21)12-6-2-3-7-13(12)16(19)22/h2-8H,9-10H2,1H3,(H,17,20). The van der Waals surface area contributed by atoms with Gasteiger partial charge >= 0.3 is 0 Å². The van der Waals surface area contributed by atoms with Crippen molar-refractivity contribution >= 4 is 17.7 Å². The zero-order valence-electron chi connectivity index (χ0n) is 12.1. The van der Waals surface area contributed by atoms with Gasteiger partial charge in [0.15, 0.2) is 0 Å². The Hall–Kier alpha value is -2.89. The average Bonchev–Trinajstić information content (AvgIpc) is 3.03. The quantitative estimate of drug-likeness (QED) is 0.854. The first-order chi connectivity index (χ1) is 10.6. The van der Waals surface area contributed by atoms with Crippen LogP contribution in [0.4, 0.5) is 0 Å². The van der Waals surface area contributed by atoms with Crippen molar-refractivity contribution in [2.45, 2.75) is 6.54 Å². The Morgan fingerprint density at radius 3 is 2.23 bits per heavy atom. The molecule has 112 valence electrons. The summed E-state index contributed by atoms with van der Waals surface area (Å²) in [5.74, 6) is -1.21. The summed E-state index contributed by atoms with van der Waals surface area (Å²) in [5.41, 5.74) is 1.64. The maximum absolute atomic E-state index is 12.2. The van der Waals surface area contributed by atoms with Crippen LogP contribution in [-0.2, 0) is 18.4 Å². The highest BCUT2D eigenvalue weighted by Crippen LogP contribution is 2.21. The number of hydrogen-bond donors (Lipinski definition) is 1. The third-order valence-electron chi connectivity index (χ3n) is 3.70. The van der Waals surface area contributed by atoms with E-state index in [-0.39, 0.29) is 12.5 Å². The monoisotopic (exact) mass is 297 g/mol. The van der Waals surface area contributed by atoms with Gasteiger partial charge < -0.3 is 9.88 Å². The van der Waals surface area contributed by atoms with E-state index in [0.717, 1.165) is 10.6 Å². The SMILES string of the molecule is Cn1cccc1CNC(=O)CN1C(=O)c2ccccc2C1=O. The van der Waals surface area contributed by atoms with Gasteiger partial charge in [-0.3, -0.25) is 19.3 Å². The molecule has 0 saturated heterocycles. The third kappa shape index (κ3) is 2.39. The van der Waals surface area contributed by atoms with E-state index < -0.39 is 11.8 Å². The Labute approximate surface area is 127 Å². The number of benzene rings is 1. The van der Waals surface area contributed by atoms with Crippen LogP contribution in [0.3, 0.4) is 0 Å². The first-order valence-corrected chi connectivity index (χ1v) is 6.90. The molecule has 0 fully saturated rings. The second-order valence-electron chi connectivity index (χ2n) is 5.13. The van der Waals surface area contributed by atoms with Gasteiger partial charge in [0.05, 0.1) is 17.7 Å². The molecule has 3 amide bonds. The van der Waals surface area contributed by atoms with Crippen LogP contribution in [-0.4, -0.2) is 33.7 Å². The molecule has 22 heavy (non-hydrogen) atoms. The van der Waals surface area contributed by atoms with E-state index in [0.29, 0.717) is 17.7 Å². The molecular weight excluding hydrogens is 282 g/mol. The first-order valence-electron chi connectivity index (χ1n) is 6.90. The lowest BCUT2D eigenvalue weighted by atomic mass is 10.1. The fraction of sp³-hybridized carbons (Fsp3) is 0.188. The summed E-state index contributed by atoms with van der Waals surface area (Å²) in [5, 5.41) is 2.71. The van der Waals surface area contributed by atoms with Gasteiger partial charge in [-0.15, -0.1) is 0 Å². The normalized spacial score (nSPS) is 13.4. The number of rotatable bonds is 4. The van der Waals surface area contributed by atoms with E-state index in [2.05, 4.69) is 5.32 Å². The Morgan fingerprint density at radius 2 is 1.68 bits per heavy atom. The second-order valence-corrected chi connectivity index (χ2v) is 5.13. The van der Waals surface area contributed by atoms with Crippen molar-refractivity contribution in [3.8, 4) is 0 Å². The molecule has 2 aromatic rings. The first kappa shape index (κ1) is 14.1. The Morgan fingerprint density at radius 1 is 1.05 bits per heavy atom. The molecule has 1 aliphatic rings. The van der Waals surface area contributed by atoms with Crippen LogP contribution in [0.5, 0.6) is 0 Å². The molecule has 1 N–H and O–H groups in total. The minimum absolute atomic E-state index is 0.267. The van der Waals surface area contributed by atoms with Crippen LogP contribution in [0.15, 0.2) is 42.6 Å². The number of carbonyl (C=O) groups excluding carboxylic acids is 3. The van der Waals surface area contributed by atoms with Crippen molar-refractivity contribution in [3.63, 3.8) is 0 Å². The van der Waals surface area contributed by atoms with Crippen LogP contribution in [0, 0.1) is 0 Å². The van der Waals surface area contributed by atoms with Crippen LogP contribution in [0.2, 0.25) is 0 Å². The number of fused-ring (bicyclic) bond motifs is 1. The highest BCUT2D eigenvalue weighted by molar-refractivity contribution is 6.22. The van der Waals surface area contributed by atoms with E-state index in [1.54, 1.807) is 24.3 Å². The molecule has 0 aliphatic carbocycles. The maximum atomic E-state index is 12.2. The van der Waals surface area contributed by atoms with E-state index in [4.69, 9.17) is 0 Å². The van der Waals surface area contributed by atoms with Crippen molar-refractivity contribution < 1.29 is 14.4 Å². The smallest absolute Gasteiger partial charge is 0.262 e. The molecule has 3 rings (SSSR count). The van der Waals surface area contributed by atoms with E-state index in [1.807, 2.05) is 29.9 Å². The Bertz CT molecular complexity index is 729. The van der Waals surface area contributed by atoms with Gasteiger partial charge in [0, 0.05) is 18.9 Å². The van der Waals surface area contributed by atoms with Gasteiger partial charge in [0.25, 0.3) is 11.8 Å². The molecule has 0 saturated carbocycles. The topological polar surface area (TPSA) is 71.4 Å². The molecule has 1 aromatic carbocycles. The molecule has 0 radical (unpaired) electrons. The van der Waals surface area contributed by atoms with Gasteiger partial charge in [0.1, 0.15) is 6.54 Å². The predicted molar refractivity (Wildman–Crippen MR) is 79.1 cm³/mol. The number of amides is 3.